The van der Waals surface area contributed by atoms with Crippen LogP contribution in [0, 0.1) is 0 Å². The number of nitrogens with zero attached hydrogens (tertiary/aromatic N) is 2. The fourth-order valence-electron chi connectivity index (χ4n) is 2.54. The van der Waals surface area contributed by atoms with Crippen molar-refractivity contribution in [2.45, 2.75) is 12.8 Å². The number of ether oxygens (including phenoxy) is 1. The zero-order valence-corrected chi connectivity index (χ0v) is 11.7. The Morgan fingerprint density at radius 1 is 1.11 bits per heavy atom. The molecular formula is C15H24N2O2. The summed E-state index contributed by atoms with van der Waals surface area (Å²) in [7, 11) is 1.69. The lowest BCUT2D eigenvalue weighted by Gasteiger charge is -2.23. The molecule has 106 valence electrons. The lowest BCUT2D eigenvalue weighted by Crippen LogP contribution is -2.31. The summed E-state index contributed by atoms with van der Waals surface area (Å²) in [6.45, 7) is 5.66. The summed E-state index contributed by atoms with van der Waals surface area (Å²) in [5.74, 6) is 0.906. The SMILES string of the molecule is COc1ccc(N2CCCN(CCCO)CC2)cc1. The first-order chi connectivity index (χ1) is 9.33. The van der Waals surface area contributed by atoms with Crippen molar-refractivity contribution in [1.29, 1.82) is 0 Å². The molecule has 0 aliphatic carbocycles. The first-order valence-electron chi connectivity index (χ1n) is 7.05. The van der Waals surface area contributed by atoms with E-state index in [-0.39, 0.29) is 0 Å². The van der Waals surface area contributed by atoms with Gasteiger partial charge < -0.3 is 19.6 Å². The molecule has 1 heterocycles. The van der Waals surface area contributed by atoms with E-state index in [0.717, 1.165) is 44.9 Å². The quantitative estimate of drug-likeness (QED) is 0.876. The molecule has 1 aliphatic rings. The van der Waals surface area contributed by atoms with Gasteiger partial charge in [-0.2, -0.15) is 0 Å². The molecule has 4 nitrogen and oxygen atoms in total. The van der Waals surface area contributed by atoms with E-state index < -0.39 is 0 Å². The van der Waals surface area contributed by atoms with Gasteiger partial charge in [-0.3, -0.25) is 0 Å². The van der Waals surface area contributed by atoms with E-state index in [1.54, 1.807) is 7.11 Å². The summed E-state index contributed by atoms with van der Waals surface area (Å²) in [6, 6.07) is 8.29. The largest absolute Gasteiger partial charge is 0.497 e. The predicted molar refractivity (Wildman–Crippen MR) is 78.0 cm³/mol. The molecule has 0 amide bonds. The maximum atomic E-state index is 8.90. The molecule has 1 aromatic carbocycles. The van der Waals surface area contributed by atoms with Gasteiger partial charge in [0.25, 0.3) is 0 Å². The monoisotopic (exact) mass is 264 g/mol. The van der Waals surface area contributed by atoms with E-state index in [2.05, 4.69) is 21.9 Å². The third-order valence-electron chi connectivity index (χ3n) is 3.66. The van der Waals surface area contributed by atoms with Gasteiger partial charge in [-0.1, -0.05) is 0 Å². The minimum Gasteiger partial charge on any atom is -0.497 e. The minimum atomic E-state index is 0.290. The number of aliphatic hydroxyl groups is 1. The van der Waals surface area contributed by atoms with Crippen LogP contribution in [-0.2, 0) is 0 Å². The molecule has 0 radical (unpaired) electrons. The minimum absolute atomic E-state index is 0.290. The van der Waals surface area contributed by atoms with Gasteiger partial charge in [0.1, 0.15) is 5.75 Å². The van der Waals surface area contributed by atoms with Crippen molar-refractivity contribution < 1.29 is 9.84 Å². The topological polar surface area (TPSA) is 35.9 Å². The number of aliphatic hydroxyl groups excluding tert-OH is 1. The van der Waals surface area contributed by atoms with Crippen LogP contribution in [0.15, 0.2) is 24.3 Å². The number of benzene rings is 1. The van der Waals surface area contributed by atoms with Crippen molar-refractivity contribution in [2.24, 2.45) is 0 Å². The second-order valence-corrected chi connectivity index (χ2v) is 4.96. The number of anilines is 1. The Morgan fingerprint density at radius 3 is 2.58 bits per heavy atom. The Kier molecular flexibility index (Phi) is 5.48. The first kappa shape index (κ1) is 14.2. The average molecular weight is 264 g/mol. The van der Waals surface area contributed by atoms with Gasteiger partial charge in [0, 0.05) is 38.5 Å². The van der Waals surface area contributed by atoms with Crippen LogP contribution in [0.2, 0.25) is 0 Å². The highest BCUT2D eigenvalue weighted by atomic mass is 16.5. The Bertz CT molecular complexity index is 367. The molecule has 0 unspecified atom stereocenters. The first-order valence-corrected chi connectivity index (χ1v) is 7.05. The van der Waals surface area contributed by atoms with Crippen molar-refractivity contribution in [3.05, 3.63) is 24.3 Å². The highest BCUT2D eigenvalue weighted by molar-refractivity contribution is 5.49. The summed E-state index contributed by atoms with van der Waals surface area (Å²) in [6.07, 6.45) is 2.06. The third kappa shape index (κ3) is 4.11. The molecule has 19 heavy (non-hydrogen) atoms. The van der Waals surface area contributed by atoms with Gasteiger partial charge in [0.15, 0.2) is 0 Å². The van der Waals surface area contributed by atoms with Crippen LogP contribution < -0.4 is 9.64 Å². The van der Waals surface area contributed by atoms with Crippen LogP contribution in [0.4, 0.5) is 5.69 Å². The molecule has 0 aromatic heterocycles. The standard InChI is InChI=1S/C15H24N2O2/c1-19-15-6-4-14(5-7-15)17-10-2-8-16(11-12-17)9-3-13-18/h4-7,18H,2-3,8-13H2,1H3. The van der Waals surface area contributed by atoms with Crippen molar-refractivity contribution >= 4 is 5.69 Å². The molecule has 1 N–H and O–H groups in total. The molecule has 2 rings (SSSR count). The predicted octanol–water partition coefficient (Wildman–Crippen LogP) is 1.59. The second-order valence-electron chi connectivity index (χ2n) is 4.96. The number of hydrogen-bond donors (Lipinski definition) is 1. The van der Waals surface area contributed by atoms with E-state index in [9.17, 15) is 0 Å². The summed E-state index contributed by atoms with van der Waals surface area (Å²) in [5.41, 5.74) is 1.27. The molecule has 1 saturated heterocycles. The maximum absolute atomic E-state index is 8.90. The van der Waals surface area contributed by atoms with Crippen LogP contribution >= 0.6 is 0 Å². The van der Waals surface area contributed by atoms with E-state index in [4.69, 9.17) is 9.84 Å². The molecule has 0 spiro atoms. The van der Waals surface area contributed by atoms with Gasteiger partial charge in [-0.05, 0) is 43.7 Å². The van der Waals surface area contributed by atoms with Crippen molar-refractivity contribution in [1.82, 2.24) is 4.90 Å². The van der Waals surface area contributed by atoms with Crippen molar-refractivity contribution in [3.63, 3.8) is 0 Å². The van der Waals surface area contributed by atoms with Crippen LogP contribution in [0.3, 0.4) is 0 Å². The van der Waals surface area contributed by atoms with Crippen LogP contribution in [0.1, 0.15) is 12.8 Å². The summed E-state index contributed by atoms with van der Waals surface area (Å²) in [4.78, 5) is 4.87. The molecule has 0 bridgehead atoms. The summed E-state index contributed by atoms with van der Waals surface area (Å²) < 4.78 is 5.19. The average Bonchev–Trinajstić information content (AvgIpc) is 2.71. The molecule has 0 saturated carbocycles. The van der Waals surface area contributed by atoms with Gasteiger partial charge in [0.05, 0.1) is 7.11 Å². The van der Waals surface area contributed by atoms with Crippen molar-refractivity contribution in [2.75, 3.05) is 51.3 Å². The summed E-state index contributed by atoms with van der Waals surface area (Å²) in [5, 5.41) is 8.90. The van der Waals surface area contributed by atoms with E-state index in [1.165, 1.54) is 12.1 Å². The van der Waals surface area contributed by atoms with Crippen LogP contribution in [-0.4, -0.2) is 56.4 Å². The Morgan fingerprint density at radius 2 is 1.89 bits per heavy atom. The Balaban J connectivity index is 1.90. The zero-order valence-electron chi connectivity index (χ0n) is 11.7. The number of methoxy groups -OCH3 is 1. The normalized spacial score (nSPS) is 17.3. The van der Waals surface area contributed by atoms with Gasteiger partial charge >= 0.3 is 0 Å². The molecular weight excluding hydrogens is 240 g/mol. The third-order valence-corrected chi connectivity index (χ3v) is 3.66. The van der Waals surface area contributed by atoms with Crippen LogP contribution in [0.25, 0.3) is 0 Å². The molecule has 1 aliphatic heterocycles. The fraction of sp³-hybridized carbons (Fsp3) is 0.600. The zero-order chi connectivity index (χ0) is 13.5. The number of hydrogen-bond acceptors (Lipinski definition) is 4. The van der Waals surface area contributed by atoms with Crippen LogP contribution in [0.5, 0.6) is 5.75 Å². The Labute approximate surface area is 115 Å². The highest BCUT2D eigenvalue weighted by Crippen LogP contribution is 2.20. The van der Waals surface area contributed by atoms with Crippen molar-refractivity contribution in [3.8, 4) is 5.75 Å². The lowest BCUT2D eigenvalue weighted by atomic mass is 10.2. The smallest absolute Gasteiger partial charge is 0.119 e. The Hall–Kier alpha value is -1.26. The van der Waals surface area contributed by atoms with E-state index in [0.29, 0.717) is 6.61 Å². The highest BCUT2D eigenvalue weighted by Gasteiger charge is 2.14. The maximum Gasteiger partial charge on any atom is 0.119 e. The van der Waals surface area contributed by atoms with Gasteiger partial charge in [-0.25, -0.2) is 0 Å². The molecule has 0 atom stereocenters. The summed E-state index contributed by atoms with van der Waals surface area (Å²) >= 11 is 0. The second kappa shape index (κ2) is 7.36. The molecule has 1 fully saturated rings. The van der Waals surface area contributed by atoms with E-state index >= 15 is 0 Å². The van der Waals surface area contributed by atoms with Gasteiger partial charge in [-0.15, -0.1) is 0 Å². The lowest BCUT2D eigenvalue weighted by molar-refractivity contribution is 0.232. The molecule has 1 aromatic rings. The number of rotatable bonds is 5. The van der Waals surface area contributed by atoms with E-state index in [1.807, 2.05) is 12.1 Å². The van der Waals surface area contributed by atoms with Gasteiger partial charge in [0.2, 0.25) is 0 Å². The molecule has 4 heteroatoms. The fourth-order valence-corrected chi connectivity index (χ4v) is 2.54.